The first-order valence-electron chi connectivity index (χ1n) is 2.33. The fourth-order valence-corrected chi connectivity index (χ4v) is 0.276. The summed E-state index contributed by atoms with van der Waals surface area (Å²) in [5.74, 6) is -0.525. The number of hydrogen-bond acceptors (Lipinski definition) is 2. The Hall–Kier alpha value is -1.32. The first-order chi connectivity index (χ1) is 4.27. The summed E-state index contributed by atoms with van der Waals surface area (Å²) in [4.78, 5) is 19.4. The fourth-order valence-electron chi connectivity index (χ4n) is 0.276. The van der Waals surface area contributed by atoms with E-state index < -0.39 is 5.91 Å². The quantitative estimate of drug-likeness (QED) is 0.279. The molecule has 1 radical (unpaired) electrons. The first kappa shape index (κ1) is 7.68. The van der Waals surface area contributed by atoms with Crippen LogP contribution in [0, 0.1) is 0 Å². The van der Waals surface area contributed by atoms with Crippen molar-refractivity contribution in [2.24, 2.45) is 5.73 Å². The van der Waals surface area contributed by atoms with E-state index in [2.05, 4.69) is 5.32 Å². The summed E-state index contributed by atoms with van der Waals surface area (Å²) in [5.41, 5.74) is 4.72. The van der Waals surface area contributed by atoms with Crippen molar-refractivity contribution in [3.05, 3.63) is 12.2 Å². The fraction of sp³-hybridized carbons (Fsp3) is 0.200. The van der Waals surface area contributed by atoms with Crippen LogP contribution in [-0.2, 0) is 9.59 Å². The Bertz CT molecular complexity index is 131. The Morgan fingerprint density at radius 2 is 2.44 bits per heavy atom. The molecule has 3 N–H and O–H groups in total. The number of carbonyl (C=O) groups excluding carboxylic acids is 2. The van der Waals surface area contributed by atoms with Crippen molar-refractivity contribution in [2.45, 2.75) is 0 Å². The normalized spacial score (nSPS) is 9.33. The standard InChI is InChI=1S/C5H7N2O2/c6-5(9)2-1-3-7-4-8/h1-2H,3H2,(H2,6,9)(H,7,8)/b2-1+. The van der Waals surface area contributed by atoms with Crippen molar-refractivity contribution in [1.29, 1.82) is 0 Å². The highest BCUT2D eigenvalue weighted by molar-refractivity contribution is 5.85. The Morgan fingerprint density at radius 3 is 2.89 bits per heavy atom. The maximum absolute atomic E-state index is 9.97. The zero-order valence-corrected chi connectivity index (χ0v) is 4.76. The van der Waals surface area contributed by atoms with E-state index in [1.165, 1.54) is 18.6 Å². The molecule has 0 fully saturated rings. The predicted octanol–water partition coefficient (Wildman–Crippen LogP) is -1.32. The van der Waals surface area contributed by atoms with Crippen molar-refractivity contribution in [1.82, 2.24) is 5.32 Å². The Kier molecular flexibility index (Phi) is 4.12. The molecule has 0 aliphatic heterocycles. The molecular formula is C5H7N2O2. The number of rotatable bonds is 4. The summed E-state index contributed by atoms with van der Waals surface area (Å²) < 4.78 is 0. The van der Waals surface area contributed by atoms with Crippen LogP contribution in [0.2, 0.25) is 0 Å². The van der Waals surface area contributed by atoms with Crippen LogP contribution in [0.3, 0.4) is 0 Å². The van der Waals surface area contributed by atoms with Crippen LogP contribution >= 0.6 is 0 Å². The Labute approximate surface area is 52.7 Å². The van der Waals surface area contributed by atoms with Crippen LogP contribution < -0.4 is 11.1 Å². The molecule has 0 aliphatic carbocycles. The lowest BCUT2D eigenvalue weighted by Crippen LogP contribution is -2.11. The summed E-state index contributed by atoms with van der Waals surface area (Å²) >= 11 is 0. The molecule has 0 aliphatic rings. The van der Waals surface area contributed by atoms with E-state index in [0.29, 0.717) is 0 Å². The van der Waals surface area contributed by atoms with Crippen LogP contribution in [0.1, 0.15) is 0 Å². The summed E-state index contributed by atoms with van der Waals surface area (Å²) in [5, 5.41) is 2.20. The maximum Gasteiger partial charge on any atom is 0.309 e. The minimum absolute atomic E-state index is 0.284. The number of carbonyl (C=O) groups is 1. The van der Waals surface area contributed by atoms with Crippen molar-refractivity contribution in [3.8, 4) is 0 Å². The molecule has 0 bridgehead atoms. The van der Waals surface area contributed by atoms with Crippen LogP contribution in [0.25, 0.3) is 0 Å². The number of nitrogens with one attached hydrogen (secondary N) is 1. The second kappa shape index (κ2) is 4.83. The van der Waals surface area contributed by atoms with Gasteiger partial charge in [0.25, 0.3) is 0 Å². The topological polar surface area (TPSA) is 72.2 Å². The molecule has 0 aromatic carbocycles. The van der Waals surface area contributed by atoms with Gasteiger partial charge in [-0.1, -0.05) is 6.08 Å². The maximum atomic E-state index is 9.97. The van der Waals surface area contributed by atoms with Gasteiger partial charge in [-0.05, 0) is 0 Å². The van der Waals surface area contributed by atoms with Gasteiger partial charge < -0.3 is 11.1 Å². The molecule has 0 saturated heterocycles. The van der Waals surface area contributed by atoms with E-state index >= 15 is 0 Å². The average molecular weight is 127 g/mol. The van der Waals surface area contributed by atoms with Crippen molar-refractivity contribution >= 4 is 12.3 Å². The smallest absolute Gasteiger partial charge is 0.309 e. The predicted molar refractivity (Wildman–Crippen MR) is 32.0 cm³/mol. The molecular weight excluding hydrogens is 120 g/mol. The van der Waals surface area contributed by atoms with Gasteiger partial charge in [-0.25, -0.2) is 0 Å². The van der Waals surface area contributed by atoms with E-state index in [1.54, 1.807) is 0 Å². The van der Waals surface area contributed by atoms with Gasteiger partial charge in [0.1, 0.15) is 0 Å². The highest BCUT2D eigenvalue weighted by atomic mass is 16.1. The van der Waals surface area contributed by atoms with Gasteiger partial charge >= 0.3 is 6.41 Å². The number of hydrogen-bond donors (Lipinski definition) is 2. The first-order valence-corrected chi connectivity index (χ1v) is 2.33. The molecule has 0 heterocycles. The molecule has 2 amide bonds. The van der Waals surface area contributed by atoms with E-state index in [4.69, 9.17) is 5.73 Å². The Morgan fingerprint density at radius 1 is 1.78 bits per heavy atom. The monoisotopic (exact) mass is 127 g/mol. The summed E-state index contributed by atoms with van der Waals surface area (Å²) in [6.45, 7) is 0.284. The number of primary amides is 1. The zero-order chi connectivity index (χ0) is 7.11. The van der Waals surface area contributed by atoms with E-state index in [9.17, 15) is 9.59 Å². The van der Waals surface area contributed by atoms with Gasteiger partial charge in [0.2, 0.25) is 5.91 Å². The summed E-state index contributed by atoms with van der Waals surface area (Å²) in [6.07, 6.45) is 4.05. The third-order valence-corrected chi connectivity index (χ3v) is 0.574. The molecule has 9 heavy (non-hydrogen) atoms. The molecule has 0 spiro atoms. The third kappa shape index (κ3) is 6.68. The highest BCUT2D eigenvalue weighted by Gasteiger charge is 1.79. The van der Waals surface area contributed by atoms with Gasteiger partial charge in [-0.15, -0.1) is 0 Å². The SMILES string of the molecule is NC(=O)/C=C/CN[C]=O. The number of nitrogens with two attached hydrogens (primary N) is 1. The highest BCUT2D eigenvalue weighted by Crippen LogP contribution is 1.65. The van der Waals surface area contributed by atoms with Crippen LogP contribution in [0.4, 0.5) is 0 Å². The summed E-state index contributed by atoms with van der Waals surface area (Å²) in [6, 6.07) is 0. The van der Waals surface area contributed by atoms with Crippen LogP contribution in [-0.4, -0.2) is 18.9 Å². The van der Waals surface area contributed by atoms with Gasteiger partial charge in [0.15, 0.2) is 0 Å². The van der Waals surface area contributed by atoms with Gasteiger partial charge in [0, 0.05) is 12.6 Å². The largest absolute Gasteiger partial charge is 0.366 e. The van der Waals surface area contributed by atoms with Gasteiger partial charge in [0.05, 0.1) is 0 Å². The van der Waals surface area contributed by atoms with E-state index in [1.807, 2.05) is 0 Å². The van der Waals surface area contributed by atoms with Crippen molar-refractivity contribution < 1.29 is 9.59 Å². The van der Waals surface area contributed by atoms with E-state index in [0.717, 1.165) is 0 Å². The molecule has 0 saturated carbocycles. The zero-order valence-electron chi connectivity index (χ0n) is 4.76. The molecule has 0 unspecified atom stereocenters. The second-order valence-corrected chi connectivity index (χ2v) is 1.29. The lowest BCUT2D eigenvalue weighted by Gasteiger charge is -1.84. The van der Waals surface area contributed by atoms with Crippen LogP contribution in [0.15, 0.2) is 12.2 Å². The molecule has 4 nitrogen and oxygen atoms in total. The average Bonchev–Trinajstić information content (AvgIpc) is 1.80. The Balaban J connectivity index is 3.24. The molecule has 49 valence electrons. The lowest BCUT2D eigenvalue weighted by atomic mass is 10.5. The molecule has 4 heteroatoms. The summed E-state index contributed by atoms with van der Waals surface area (Å²) in [7, 11) is 0. The molecule has 0 aromatic heterocycles. The third-order valence-electron chi connectivity index (χ3n) is 0.574. The van der Waals surface area contributed by atoms with Crippen molar-refractivity contribution in [3.63, 3.8) is 0 Å². The van der Waals surface area contributed by atoms with Crippen LogP contribution in [0.5, 0.6) is 0 Å². The minimum atomic E-state index is -0.525. The van der Waals surface area contributed by atoms with Crippen molar-refractivity contribution in [2.75, 3.05) is 6.54 Å². The lowest BCUT2D eigenvalue weighted by molar-refractivity contribution is -0.113. The van der Waals surface area contributed by atoms with E-state index in [-0.39, 0.29) is 6.54 Å². The van der Waals surface area contributed by atoms with Gasteiger partial charge in [-0.3, -0.25) is 9.59 Å². The van der Waals surface area contributed by atoms with Gasteiger partial charge in [-0.2, -0.15) is 0 Å². The minimum Gasteiger partial charge on any atom is -0.366 e. The molecule has 0 rings (SSSR count). The molecule has 0 atom stereocenters. The molecule has 0 aromatic rings. The second-order valence-electron chi connectivity index (χ2n) is 1.29. The number of amides is 2.